The minimum atomic E-state index is -4.55. The lowest BCUT2D eigenvalue weighted by Crippen LogP contribution is -2.06. The fourth-order valence-electron chi connectivity index (χ4n) is 2.87. The van der Waals surface area contributed by atoms with Crippen LogP contribution in [0.25, 0.3) is 22.0 Å². The second-order valence-corrected chi connectivity index (χ2v) is 5.77. The monoisotopic (exact) mass is 377 g/mol. The van der Waals surface area contributed by atoms with E-state index in [4.69, 9.17) is 4.74 Å². The van der Waals surface area contributed by atoms with E-state index in [1.807, 2.05) is 0 Å². The van der Waals surface area contributed by atoms with Gasteiger partial charge in [-0.2, -0.15) is 13.2 Å². The molecule has 0 aliphatic heterocycles. The lowest BCUT2D eigenvalue weighted by Gasteiger charge is -2.16. The van der Waals surface area contributed by atoms with Crippen LogP contribution in [0.15, 0.2) is 42.6 Å². The number of aromatic nitrogens is 1. The number of hydrogen-bond acceptors (Lipinski definition) is 4. The summed E-state index contributed by atoms with van der Waals surface area (Å²) in [4.78, 5) is 15.6. The molecule has 0 amide bonds. The van der Waals surface area contributed by atoms with Crippen LogP contribution in [0.1, 0.15) is 21.5 Å². The number of carboxylic acid groups (broad SMARTS) is 1. The highest BCUT2D eigenvalue weighted by Gasteiger charge is 2.31. The van der Waals surface area contributed by atoms with Crippen LogP contribution >= 0.6 is 0 Å². The average Bonchev–Trinajstić information content (AvgIpc) is 2.65. The molecule has 0 aliphatic carbocycles. The predicted molar refractivity (Wildman–Crippen MR) is 91.6 cm³/mol. The number of carboxylic acids is 1. The maximum Gasteiger partial charge on any atom is 0.416 e. The predicted octanol–water partition coefficient (Wildman–Crippen LogP) is 4.12. The molecule has 8 heteroatoms. The second kappa shape index (κ2) is 6.88. The zero-order chi connectivity index (χ0) is 19.8. The molecule has 5 nitrogen and oxygen atoms in total. The van der Waals surface area contributed by atoms with Gasteiger partial charge in [-0.15, -0.1) is 0 Å². The molecule has 3 aromatic rings. The van der Waals surface area contributed by atoms with E-state index in [0.29, 0.717) is 16.9 Å². The standard InChI is InChI=1S/C19H14F3NO4/c1-27-16-5-2-10(9-24)6-13(16)17-12-4-3-11(19(20,21)22)7-15(12)23-8-14(17)18(25)26/h2-8,24H,9H2,1H3,(H,25,26). The Morgan fingerprint density at radius 1 is 1.19 bits per heavy atom. The number of fused-ring (bicyclic) bond motifs is 1. The molecule has 0 aliphatic rings. The Labute approximate surface area is 151 Å². The summed E-state index contributed by atoms with van der Waals surface area (Å²) in [7, 11) is 1.39. The van der Waals surface area contributed by atoms with Crippen molar-refractivity contribution in [2.24, 2.45) is 0 Å². The molecule has 0 spiro atoms. The Morgan fingerprint density at radius 3 is 2.52 bits per heavy atom. The summed E-state index contributed by atoms with van der Waals surface area (Å²) < 4.78 is 44.3. The molecule has 27 heavy (non-hydrogen) atoms. The van der Waals surface area contributed by atoms with Gasteiger partial charge in [0.2, 0.25) is 0 Å². The number of methoxy groups -OCH3 is 1. The summed E-state index contributed by atoms with van der Waals surface area (Å²) in [5.74, 6) is -0.960. The number of aromatic carboxylic acids is 1. The summed E-state index contributed by atoms with van der Waals surface area (Å²) in [6, 6.07) is 7.64. The summed E-state index contributed by atoms with van der Waals surface area (Å²) in [5.41, 5.74) is -0.0504. The molecule has 2 aromatic carbocycles. The smallest absolute Gasteiger partial charge is 0.416 e. The zero-order valence-electron chi connectivity index (χ0n) is 14.0. The van der Waals surface area contributed by atoms with Crippen LogP contribution in [0.3, 0.4) is 0 Å². The Morgan fingerprint density at radius 2 is 1.93 bits per heavy atom. The van der Waals surface area contributed by atoms with Gasteiger partial charge in [-0.1, -0.05) is 12.1 Å². The van der Waals surface area contributed by atoms with Gasteiger partial charge in [0.25, 0.3) is 0 Å². The van der Waals surface area contributed by atoms with E-state index in [2.05, 4.69) is 4.98 Å². The molecule has 140 valence electrons. The topological polar surface area (TPSA) is 79.7 Å². The highest BCUT2D eigenvalue weighted by atomic mass is 19.4. The number of rotatable bonds is 4. The highest BCUT2D eigenvalue weighted by molar-refractivity contribution is 6.07. The number of benzene rings is 2. The number of aliphatic hydroxyl groups is 1. The van der Waals surface area contributed by atoms with Crippen LogP contribution < -0.4 is 4.74 Å². The van der Waals surface area contributed by atoms with Crippen molar-refractivity contribution in [1.82, 2.24) is 4.98 Å². The first-order valence-corrected chi connectivity index (χ1v) is 7.77. The largest absolute Gasteiger partial charge is 0.496 e. The first-order valence-electron chi connectivity index (χ1n) is 7.77. The van der Waals surface area contributed by atoms with Crippen molar-refractivity contribution in [2.75, 3.05) is 7.11 Å². The van der Waals surface area contributed by atoms with Gasteiger partial charge in [0, 0.05) is 22.7 Å². The van der Waals surface area contributed by atoms with Gasteiger partial charge in [0.15, 0.2) is 0 Å². The molecular weight excluding hydrogens is 363 g/mol. The zero-order valence-corrected chi connectivity index (χ0v) is 14.0. The minimum absolute atomic E-state index is 0.00118. The van der Waals surface area contributed by atoms with Crippen LogP contribution in [0, 0.1) is 0 Å². The molecule has 0 radical (unpaired) electrons. The normalized spacial score (nSPS) is 11.6. The Bertz CT molecular complexity index is 1030. The molecule has 0 bridgehead atoms. The fourth-order valence-corrected chi connectivity index (χ4v) is 2.87. The van der Waals surface area contributed by atoms with Gasteiger partial charge in [-0.25, -0.2) is 4.79 Å². The van der Waals surface area contributed by atoms with E-state index < -0.39 is 17.7 Å². The molecule has 0 saturated heterocycles. The van der Waals surface area contributed by atoms with Crippen molar-refractivity contribution in [1.29, 1.82) is 0 Å². The molecule has 1 heterocycles. The van der Waals surface area contributed by atoms with Crippen molar-refractivity contribution in [2.45, 2.75) is 12.8 Å². The van der Waals surface area contributed by atoms with Crippen molar-refractivity contribution in [3.8, 4) is 16.9 Å². The molecule has 3 rings (SSSR count). The van der Waals surface area contributed by atoms with Crippen LogP contribution in [-0.4, -0.2) is 28.3 Å². The second-order valence-electron chi connectivity index (χ2n) is 5.77. The Hall–Kier alpha value is -3.13. The third kappa shape index (κ3) is 3.43. The summed E-state index contributed by atoms with van der Waals surface area (Å²) in [6.07, 6.45) is -3.53. The summed E-state index contributed by atoms with van der Waals surface area (Å²) in [5, 5.41) is 19.2. The van der Waals surface area contributed by atoms with Crippen molar-refractivity contribution in [3.05, 3.63) is 59.3 Å². The van der Waals surface area contributed by atoms with Gasteiger partial charge < -0.3 is 14.9 Å². The molecule has 0 atom stereocenters. The number of pyridine rings is 1. The number of aliphatic hydroxyl groups excluding tert-OH is 1. The van der Waals surface area contributed by atoms with E-state index in [9.17, 15) is 28.2 Å². The average molecular weight is 377 g/mol. The molecule has 0 fully saturated rings. The quantitative estimate of drug-likeness (QED) is 0.715. The van der Waals surface area contributed by atoms with Crippen molar-refractivity contribution in [3.63, 3.8) is 0 Å². The Kier molecular flexibility index (Phi) is 4.75. The fraction of sp³-hybridized carbons (Fsp3) is 0.158. The molecule has 0 unspecified atom stereocenters. The van der Waals surface area contributed by atoms with Crippen LogP contribution in [0.5, 0.6) is 5.75 Å². The highest BCUT2D eigenvalue weighted by Crippen LogP contribution is 2.39. The van der Waals surface area contributed by atoms with Crippen LogP contribution in [0.2, 0.25) is 0 Å². The van der Waals surface area contributed by atoms with Gasteiger partial charge in [0.1, 0.15) is 5.75 Å². The minimum Gasteiger partial charge on any atom is -0.496 e. The van der Waals surface area contributed by atoms with E-state index in [1.165, 1.54) is 19.2 Å². The number of alkyl halides is 3. The molecule has 2 N–H and O–H groups in total. The van der Waals surface area contributed by atoms with E-state index >= 15 is 0 Å². The van der Waals surface area contributed by atoms with Crippen LogP contribution in [-0.2, 0) is 12.8 Å². The summed E-state index contributed by atoms with van der Waals surface area (Å²) in [6.45, 7) is -0.291. The number of hydrogen-bond donors (Lipinski definition) is 2. The number of ether oxygens (including phenoxy) is 1. The molecular formula is C19H14F3NO4. The van der Waals surface area contributed by atoms with Gasteiger partial charge in [-0.3, -0.25) is 4.98 Å². The van der Waals surface area contributed by atoms with Crippen molar-refractivity contribution < 1.29 is 32.9 Å². The Balaban J connectivity index is 2.39. The van der Waals surface area contributed by atoms with Gasteiger partial charge in [0.05, 0.1) is 30.4 Å². The lowest BCUT2D eigenvalue weighted by atomic mass is 9.93. The maximum absolute atomic E-state index is 13.0. The van der Waals surface area contributed by atoms with E-state index in [-0.39, 0.29) is 28.6 Å². The first-order chi connectivity index (χ1) is 12.8. The van der Waals surface area contributed by atoms with E-state index in [0.717, 1.165) is 18.3 Å². The molecule has 1 aromatic heterocycles. The number of carbonyl (C=O) groups is 1. The first kappa shape index (κ1) is 18.7. The maximum atomic E-state index is 13.0. The number of nitrogens with zero attached hydrogens (tertiary/aromatic N) is 1. The lowest BCUT2D eigenvalue weighted by molar-refractivity contribution is -0.137. The number of halogens is 3. The third-order valence-electron chi connectivity index (χ3n) is 4.14. The van der Waals surface area contributed by atoms with E-state index in [1.54, 1.807) is 12.1 Å². The third-order valence-corrected chi connectivity index (χ3v) is 4.14. The van der Waals surface area contributed by atoms with Crippen LogP contribution in [0.4, 0.5) is 13.2 Å². The summed E-state index contributed by atoms with van der Waals surface area (Å²) >= 11 is 0. The SMILES string of the molecule is COc1ccc(CO)cc1-c1c(C(=O)O)cnc2cc(C(F)(F)F)ccc12. The molecule has 0 saturated carbocycles. The van der Waals surface area contributed by atoms with Gasteiger partial charge >= 0.3 is 12.1 Å². The van der Waals surface area contributed by atoms with Gasteiger partial charge in [-0.05, 0) is 29.8 Å². The van der Waals surface area contributed by atoms with Crippen molar-refractivity contribution >= 4 is 16.9 Å².